The second-order valence-corrected chi connectivity index (χ2v) is 9.42. The van der Waals surface area contributed by atoms with Crippen molar-refractivity contribution in [3.05, 3.63) is 78.4 Å². The normalized spacial score (nSPS) is 20.4. The monoisotopic (exact) mass is 586 g/mol. The number of aliphatic hydroxyl groups is 2. The Balaban J connectivity index is 1.17. The zero-order chi connectivity index (χ0) is 29.9. The average Bonchev–Trinajstić information content (AvgIpc) is 3.52. The van der Waals surface area contributed by atoms with Crippen molar-refractivity contribution in [3.63, 3.8) is 0 Å². The fourth-order valence-corrected chi connectivity index (χ4v) is 4.47. The number of anilines is 1. The number of benzene rings is 2. The number of hydrogen-bond acceptors (Lipinski definition) is 9. The number of ether oxygens (including phenoxy) is 2. The summed E-state index contributed by atoms with van der Waals surface area (Å²) >= 11 is 0. The molecule has 2 aromatic heterocycles. The maximum Gasteiger partial charge on any atom is 0.573 e. The number of aliphatic hydroxyl groups excluding tert-OH is 2. The topological polar surface area (TPSA) is 161 Å². The molecule has 5 rings (SSSR count). The first kappa shape index (κ1) is 28.9. The molecular weight excluding hydrogens is 561 g/mol. The SMILES string of the molecule is O=C(CC[C@H]1O[C@@H](n2cnc3c(NC(=O)c4ccccc4)ncnc32)[C@H](O)[C@@H]1O)NCc1ccc(OC(F)(F)F)cc1. The third kappa shape index (κ3) is 6.64. The molecule has 1 aliphatic heterocycles. The zero-order valence-corrected chi connectivity index (χ0v) is 21.7. The van der Waals surface area contributed by atoms with Crippen molar-refractivity contribution in [2.24, 2.45) is 0 Å². The maximum absolute atomic E-state index is 12.6. The van der Waals surface area contributed by atoms with Crippen LogP contribution in [0.5, 0.6) is 5.75 Å². The maximum atomic E-state index is 12.6. The molecule has 3 heterocycles. The standard InChI is InChI=1S/C27H25F3N6O6/c28-27(29,30)42-17-8-6-15(7-9-17)12-31-19(37)11-10-18-21(38)22(39)26(41-18)36-14-34-20-23(32-13-33-24(20)36)35-25(40)16-4-2-1-3-5-16/h1-9,13-14,18,21-22,26,38-39H,10-12H2,(H,31,37)(H,32,33,35,40)/t18-,21-,22-,26-/m1/s1. The Morgan fingerprint density at radius 2 is 1.74 bits per heavy atom. The fourth-order valence-electron chi connectivity index (χ4n) is 4.47. The van der Waals surface area contributed by atoms with Gasteiger partial charge in [-0.1, -0.05) is 30.3 Å². The van der Waals surface area contributed by atoms with Gasteiger partial charge in [-0.25, -0.2) is 15.0 Å². The molecule has 42 heavy (non-hydrogen) atoms. The number of nitrogens with one attached hydrogen (secondary N) is 2. The van der Waals surface area contributed by atoms with Crippen LogP contribution in [0.1, 0.15) is 35.0 Å². The smallest absolute Gasteiger partial charge is 0.406 e. The van der Waals surface area contributed by atoms with Crippen molar-refractivity contribution in [1.82, 2.24) is 24.8 Å². The number of rotatable bonds is 9. The van der Waals surface area contributed by atoms with Gasteiger partial charge in [-0.05, 0) is 36.2 Å². The molecule has 4 aromatic rings. The van der Waals surface area contributed by atoms with Crippen LogP contribution < -0.4 is 15.4 Å². The lowest BCUT2D eigenvalue weighted by Crippen LogP contribution is -2.32. The van der Waals surface area contributed by atoms with E-state index in [0.717, 1.165) is 12.1 Å². The van der Waals surface area contributed by atoms with Gasteiger partial charge in [-0.2, -0.15) is 0 Å². The van der Waals surface area contributed by atoms with Gasteiger partial charge in [0.25, 0.3) is 5.91 Å². The number of amides is 2. The van der Waals surface area contributed by atoms with E-state index in [2.05, 4.69) is 30.3 Å². The van der Waals surface area contributed by atoms with Gasteiger partial charge in [0.15, 0.2) is 23.2 Å². The third-order valence-corrected chi connectivity index (χ3v) is 6.54. The Bertz CT molecular complexity index is 1550. The summed E-state index contributed by atoms with van der Waals surface area (Å²) in [6.07, 6.45) is -6.88. The van der Waals surface area contributed by atoms with E-state index in [0.29, 0.717) is 11.1 Å². The lowest BCUT2D eigenvalue weighted by molar-refractivity contribution is -0.274. The highest BCUT2D eigenvalue weighted by Gasteiger charge is 2.44. The van der Waals surface area contributed by atoms with E-state index in [-0.39, 0.29) is 48.0 Å². The van der Waals surface area contributed by atoms with Crippen LogP contribution in [0, 0.1) is 0 Å². The second-order valence-electron chi connectivity index (χ2n) is 9.42. The predicted molar refractivity (Wildman–Crippen MR) is 140 cm³/mol. The van der Waals surface area contributed by atoms with Crippen molar-refractivity contribution in [3.8, 4) is 5.75 Å². The molecule has 12 nitrogen and oxygen atoms in total. The zero-order valence-electron chi connectivity index (χ0n) is 21.7. The number of carbonyl (C=O) groups is 2. The van der Waals surface area contributed by atoms with E-state index in [9.17, 15) is 33.0 Å². The summed E-state index contributed by atoms with van der Waals surface area (Å²) in [7, 11) is 0. The molecule has 15 heteroatoms. The fraction of sp³-hybridized carbons (Fsp3) is 0.296. The van der Waals surface area contributed by atoms with Gasteiger partial charge in [0.05, 0.1) is 12.4 Å². The molecule has 2 aromatic carbocycles. The summed E-state index contributed by atoms with van der Waals surface area (Å²) < 4.78 is 48.0. The Labute approximate surface area is 236 Å². The molecule has 1 aliphatic rings. The second kappa shape index (κ2) is 12.1. The number of carbonyl (C=O) groups excluding carboxylic acids is 2. The average molecular weight is 587 g/mol. The van der Waals surface area contributed by atoms with Gasteiger partial charge >= 0.3 is 6.36 Å². The highest BCUT2D eigenvalue weighted by atomic mass is 19.4. The summed E-state index contributed by atoms with van der Waals surface area (Å²) in [5, 5.41) is 26.7. The lowest BCUT2D eigenvalue weighted by atomic mass is 10.1. The van der Waals surface area contributed by atoms with E-state index in [4.69, 9.17) is 4.74 Å². The van der Waals surface area contributed by atoms with Gasteiger partial charge in [-0.15, -0.1) is 13.2 Å². The lowest BCUT2D eigenvalue weighted by Gasteiger charge is -2.16. The first-order valence-corrected chi connectivity index (χ1v) is 12.8. The molecule has 220 valence electrons. The summed E-state index contributed by atoms with van der Waals surface area (Å²) in [4.78, 5) is 37.5. The number of hydrogen-bond donors (Lipinski definition) is 4. The molecule has 0 unspecified atom stereocenters. The number of halogens is 3. The number of aromatic nitrogens is 4. The number of imidazole rings is 1. The summed E-state index contributed by atoms with van der Waals surface area (Å²) in [5.74, 6) is -1.01. The van der Waals surface area contributed by atoms with Gasteiger partial charge < -0.3 is 30.3 Å². The van der Waals surface area contributed by atoms with Gasteiger partial charge in [-0.3, -0.25) is 14.2 Å². The Kier molecular flexibility index (Phi) is 8.33. The summed E-state index contributed by atoms with van der Waals surface area (Å²) in [5.41, 5.74) is 1.46. The van der Waals surface area contributed by atoms with Crippen molar-refractivity contribution in [2.75, 3.05) is 5.32 Å². The molecule has 0 saturated carbocycles. The predicted octanol–water partition coefficient (Wildman–Crippen LogP) is 2.69. The van der Waals surface area contributed by atoms with Crippen LogP contribution >= 0.6 is 0 Å². The van der Waals surface area contributed by atoms with Crippen LogP contribution in [0.2, 0.25) is 0 Å². The minimum absolute atomic E-state index is 0.0566. The highest BCUT2D eigenvalue weighted by molar-refractivity contribution is 6.06. The van der Waals surface area contributed by atoms with E-state index in [1.165, 1.54) is 29.4 Å². The number of alkyl halides is 3. The number of nitrogens with zero attached hydrogens (tertiary/aromatic N) is 4. The summed E-state index contributed by atoms with van der Waals surface area (Å²) in [6, 6.07) is 13.6. The molecule has 0 radical (unpaired) electrons. The molecule has 0 bridgehead atoms. The van der Waals surface area contributed by atoms with Crippen LogP contribution in [0.25, 0.3) is 11.2 Å². The van der Waals surface area contributed by atoms with E-state index < -0.39 is 36.8 Å². The van der Waals surface area contributed by atoms with Crippen LogP contribution in [-0.4, -0.2) is 66.2 Å². The molecule has 1 saturated heterocycles. The summed E-state index contributed by atoms with van der Waals surface area (Å²) in [6.45, 7) is 0.0638. The molecular formula is C27H25F3N6O6. The minimum Gasteiger partial charge on any atom is -0.406 e. The molecule has 2 amide bonds. The first-order valence-electron chi connectivity index (χ1n) is 12.8. The van der Waals surface area contributed by atoms with E-state index >= 15 is 0 Å². The molecule has 4 atom stereocenters. The van der Waals surface area contributed by atoms with Gasteiger partial charge in [0.1, 0.15) is 24.3 Å². The van der Waals surface area contributed by atoms with Crippen molar-refractivity contribution in [2.45, 2.75) is 50.3 Å². The van der Waals surface area contributed by atoms with E-state index in [1.807, 2.05) is 0 Å². The van der Waals surface area contributed by atoms with Crippen molar-refractivity contribution < 1.29 is 42.4 Å². The molecule has 0 aliphatic carbocycles. The van der Waals surface area contributed by atoms with Gasteiger partial charge in [0, 0.05) is 18.5 Å². The third-order valence-electron chi connectivity index (χ3n) is 6.54. The Hall–Kier alpha value is -4.60. The molecule has 0 spiro atoms. The largest absolute Gasteiger partial charge is 0.573 e. The van der Waals surface area contributed by atoms with Gasteiger partial charge in [0.2, 0.25) is 5.91 Å². The quantitative estimate of drug-likeness (QED) is 0.231. The van der Waals surface area contributed by atoms with Crippen molar-refractivity contribution in [1.29, 1.82) is 0 Å². The Morgan fingerprint density at radius 1 is 1.00 bits per heavy atom. The minimum atomic E-state index is -4.79. The van der Waals surface area contributed by atoms with Crippen molar-refractivity contribution >= 4 is 28.8 Å². The molecule has 1 fully saturated rings. The number of fused-ring (bicyclic) bond motifs is 1. The van der Waals surface area contributed by atoms with E-state index in [1.54, 1.807) is 30.3 Å². The van der Waals surface area contributed by atoms with Crippen LogP contribution in [-0.2, 0) is 16.1 Å². The Morgan fingerprint density at radius 3 is 2.45 bits per heavy atom. The van der Waals surface area contributed by atoms with Crippen LogP contribution in [0.3, 0.4) is 0 Å². The first-order chi connectivity index (χ1) is 20.1. The molecule has 4 N–H and O–H groups in total. The van der Waals surface area contributed by atoms with Crippen LogP contribution in [0.15, 0.2) is 67.3 Å². The highest BCUT2D eigenvalue weighted by Crippen LogP contribution is 2.34. The van der Waals surface area contributed by atoms with Crippen LogP contribution in [0.4, 0.5) is 19.0 Å².